The number of likely N-dealkylation sites (tertiary alicyclic amines) is 1. The highest BCUT2D eigenvalue weighted by molar-refractivity contribution is 5.95. The Balaban J connectivity index is 1.46. The van der Waals surface area contributed by atoms with Gasteiger partial charge in [-0.05, 0) is 56.3 Å². The van der Waals surface area contributed by atoms with Gasteiger partial charge in [0.05, 0.1) is 6.04 Å². The fourth-order valence-corrected chi connectivity index (χ4v) is 3.27. The van der Waals surface area contributed by atoms with Gasteiger partial charge in [-0.15, -0.1) is 0 Å². The molecule has 2 amide bonds. The van der Waals surface area contributed by atoms with Crippen molar-refractivity contribution in [2.45, 2.75) is 44.6 Å². The van der Waals surface area contributed by atoms with Crippen molar-refractivity contribution in [3.05, 3.63) is 29.8 Å². The summed E-state index contributed by atoms with van der Waals surface area (Å²) in [5.41, 5.74) is 1.95. The van der Waals surface area contributed by atoms with Gasteiger partial charge < -0.3 is 15.5 Å². The van der Waals surface area contributed by atoms with E-state index < -0.39 is 0 Å². The largest absolute Gasteiger partial charge is 0.343 e. The molecule has 2 aliphatic rings. The molecule has 0 radical (unpaired) electrons. The number of rotatable bonds is 5. The normalized spacial score (nSPS) is 20.7. The summed E-state index contributed by atoms with van der Waals surface area (Å²) in [6.07, 6.45) is 5.56. The van der Waals surface area contributed by atoms with Crippen LogP contribution in [0, 0.1) is 0 Å². The van der Waals surface area contributed by atoms with Crippen molar-refractivity contribution in [2.75, 3.05) is 25.0 Å². The molecule has 124 valence electrons. The van der Waals surface area contributed by atoms with Crippen molar-refractivity contribution < 1.29 is 9.59 Å². The van der Waals surface area contributed by atoms with Gasteiger partial charge in [-0.2, -0.15) is 0 Å². The van der Waals surface area contributed by atoms with E-state index in [2.05, 4.69) is 10.6 Å². The highest BCUT2D eigenvalue weighted by atomic mass is 16.2. The Kier molecular flexibility index (Phi) is 5.28. The summed E-state index contributed by atoms with van der Waals surface area (Å²) in [5.74, 6) is 0.298. The van der Waals surface area contributed by atoms with Crippen LogP contribution in [0.25, 0.3) is 0 Å². The van der Waals surface area contributed by atoms with E-state index in [1.165, 1.54) is 0 Å². The van der Waals surface area contributed by atoms with E-state index in [1.807, 2.05) is 29.2 Å². The molecule has 2 fully saturated rings. The third kappa shape index (κ3) is 4.32. The number of amides is 2. The zero-order chi connectivity index (χ0) is 16.1. The van der Waals surface area contributed by atoms with Gasteiger partial charge in [0.1, 0.15) is 0 Å². The van der Waals surface area contributed by atoms with Crippen LogP contribution in [0.5, 0.6) is 0 Å². The summed E-state index contributed by atoms with van der Waals surface area (Å²) >= 11 is 0. The molecule has 1 aromatic carbocycles. The van der Waals surface area contributed by atoms with Crippen molar-refractivity contribution in [2.24, 2.45) is 0 Å². The number of carbonyl (C=O) groups excluding carboxylic acids is 2. The molecular weight excluding hydrogens is 290 g/mol. The minimum absolute atomic E-state index is 0.0412. The van der Waals surface area contributed by atoms with E-state index in [4.69, 9.17) is 0 Å². The second kappa shape index (κ2) is 7.59. The molecule has 1 atom stereocenters. The maximum absolute atomic E-state index is 12.0. The van der Waals surface area contributed by atoms with Crippen LogP contribution in [-0.2, 0) is 16.0 Å². The summed E-state index contributed by atoms with van der Waals surface area (Å²) < 4.78 is 0. The number of aryl methyl sites for hydroxylation is 1. The number of benzene rings is 1. The Bertz CT molecular complexity index is 544. The lowest BCUT2D eigenvalue weighted by molar-refractivity contribution is -0.130. The highest BCUT2D eigenvalue weighted by Gasteiger charge is 2.21. The first kappa shape index (κ1) is 16.0. The van der Waals surface area contributed by atoms with Crippen molar-refractivity contribution in [1.82, 2.24) is 10.2 Å². The van der Waals surface area contributed by atoms with Crippen molar-refractivity contribution >= 4 is 17.5 Å². The summed E-state index contributed by atoms with van der Waals surface area (Å²) in [6, 6.07) is 7.77. The molecule has 0 saturated carbocycles. The smallest absolute Gasteiger partial charge is 0.241 e. The highest BCUT2D eigenvalue weighted by Crippen LogP contribution is 2.15. The molecule has 3 rings (SSSR count). The van der Waals surface area contributed by atoms with E-state index in [9.17, 15) is 9.59 Å². The summed E-state index contributed by atoms with van der Waals surface area (Å²) in [6.45, 7) is 2.75. The first-order chi connectivity index (χ1) is 11.2. The number of nitrogens with one attached hydrogen (secondary N) is 2. The molecule has 2 N–H and O–H groups in total. The zero-order valence-corrected chi connectivity index (χ0v) is 13.5. The quantitative estimate of drug-likeness (QED) is 0.873. The van der Waals surface area contributed by atoms with Crippen molar-refractivity contribution in [3.63, 3.8) is 0 Å². The predicted octanol–water partition coefficient (Wildman–Crippen LogP) is 1.93. The third-order valence-corrected chi connectivity index (χ3v) is 4.68. The molecule has 0 spiro atoms. The Labute approximate surface area is 137 Å². The average molecular weight is 315 g/mol. The minimum atomic E-state index is -0.0623. The average Bonchev–Trinajstić information content (AvgIpc) is 3.27. The first-order valence-corrected chi connectivity index (χ1v) is 8.63. The van der Waals surface area contributed by atoms with Gasteiger partial charge in [-0.3, -0.25) is 9.59 Å². The maximum atomic E-state index is 12.0. The molecule has 2 heterocycles. The van der Waals surface area contributed by atoms with Crippen LogP contribution in [0.15, 0.2) is 24.3 Å². The lowest BCUT2D eigenvalue weighted by atomic mass is 10.1. The van der Waals surface area contributed by atoms with Gasteiger partial charge in [0, 0.05) is 25.2 Å². The summed E-state index contributed by atoms with van der Waals surface area (Å²) in [5, 5.41) is 6.14. The molecule has 2 aliphatic heterocycles. The molecule has 1 unspecified atom stereocenters. The monoisotopic (exact) mass is 315 g/mol. The molecule has 0 bridgehead atoms. The number of anilines is 1. The first-order valence-electron chi connectivity index (χ1n) is 8.63. The second-order valence-electron chi connectivity index (χ2n) is 6.42. The Morgan fingerprint density at radius 2 is 1.87 bits per heavy atom. The second-order valence-corrected chi connectivity index (χ2v) is 6.42. The number of hydrogen-bond donors (Lipinski definition) is 2. The molecule has 5 nitrogen and oxygen atoms in total. The summed E-state index contributed by atoms with van der Waals surface area (Å²) in [7, 11) is 0. The van der Waals surface area contributed by atoms with E-state index >= 15 is 0 Å². The fraction of sp³-hybridized carbons (Fsp3) is 0.556. The van der Waals surface area contributed by atoms with Gasteiger partial charge in [-0.1, -0.05) is 12.1 Å². The number of carbonyl (C=O) groups is 2. The van der Waals surface area contributed by atoms with Crippen molar-refractivity contribution in [1.29, 1.82) is 0 Å². The summed E-state index contributed by atoms with van der Waals surface area (Å²) in [4.78, 5) is 26.0. The van der Waals surface area contributed by atoms with Crippen LogP contribution in [0.4, 0.5) is 5.69 Å². The van der Waals surface area contributed by atoms with Gasteiger partial charge in [0.15, 0.2) is 0 Å². The maximum Gasteiger partial charge on any atom is 0.241 e. The van der Waals surface area contributed by atoms with Crippen molar-refractivity contribution in [3.8, 4) is 0 Å². The Hall–Kier alpha value is -1.88. The van der Waals surface area contributed by atoms with Crippen LogP contribution in [0.2, 0.25) is 0 Å². The third-order valence-electron chi connectivity index (χ3n) is 4.68. The SMILES string of the molecule is O=C(Nc1ccc(CCC(=O)N2CCCC2)cc1)C1CCCN1. The van der Waals surface area contributed by atoms with E-state index in [-0.39, 0.29) is 17.9 Å². The van der Waals surface area contributed by atoms with E-state index in [1.54, 1.807) is 0 Å². The topological polar surface area (TPSA) is 61.4 Å². The molecule has 0 aliphatic carbocycles. The van der Waals surface area contributed by atoms with Crippen LogP contribution >= 0.6 is 0 Å². The van der Waals surface area contributed by atoms with Gasteiger partial charge in [0.25, 0.3) is 0 Å². The lowest BCUT2D eigenvalue weighted by Gasteiger charge is -2.15. The lowest BCUT2D eigenvalue weighted by Crippen LogP contribution is -2.35. The fourth-order valence-electron chi connectivity index (χ4n) is 3.27. The van der Waals surface area contributed by atoms with Gasteiger partial charge >= 0.3 is 0 Å². The van der Waals surface area contributed by atoms with E-state index in [0.29, 0.717) is 6.42 Å². The van der Waals surface area contributed by atoms with Gasteiger partial charge in [-0.25, -0.2) is 0 Å². The minimum Gasteiger partial charge on any atom is -0.343 e. The van der Waals surface area contributed by atoms with Gasteiger partial charge in [0.2, 0.25) is 11.8 Å². The van der Waals surface area contributed by atoms with Crippen LogP contribution in [0.1, 0.15) is 37.7 Å². The van der Waals surface area contributed by atoms with E-state index in [0.717, 1.165) is 63.0 Å². The van der Waals surface area contributed by atoms with Crippen LogP contribution in [-0.4, -0.2) is 42.4 Å². The predicted molar refractivity (Wildman–Crippen MR) is 90.2 cm³/mol. The number of nitrogens with zero attached hydrogens (tertiary/aromatic N) is 1. The molecule has 2 saturated heterocycles. The Morgan fingerprint density at radius 3 is 2.52 bits per heavy atom. The zero-order valence-electron chi connectivity index (χ0n) is 13.5. The Morgan fingerprint density at radius 1 is 1.13 bits per heavy atom. The van der Waals surface area contributed by atoms with Crippen LogP contribution in [0.3, 0.4) is 0 Å². The van der Waals surface area contributed by atoms with Crippen LogP contribution < -0.4 is 10.6 Å². The molecular formula is C18H25N3O2. The molecule has 23 heavy (non-hydrogen) atoms. The molecule has 0 aromatic heterocycles. The molecule has 5 heteroatoms. The standard InChI is InChI=1S/C18H25N3O2/c22-17(21-12-1-2-13-21)10-7-14-5-8-15(9-6-14)20-18(23)16-4-3-11-19-16/h5-6,8-9,16,19H,1-4,7,10-13H2,(H,20,23). The molecule has 1 aromatic rings. The number of hydrogen-bond acceptors (Lipinski definition) is 3.